The van der Waals surface area contributed by atoms with E-state index in [0.717, 1.165) is 27.9 Å². The Kier molecular flexibility index (Phi) is 4.83. The normalized spacial score (nSPS) is 13.2. The van der Waals surface area contributed by atoms with E-state index >= 15 is 0 Å². The number of alkyl halides is 6. The summed E-state index contributed by atoms with van der Waals surface area (Å²) in [6, 6.07) is 4.25. The van der Waals surface area contributed by atoms with E-state index in [1.54, 1.807) is 0 Å². The van der Waals surface area contributed by atoms with Crippen LogP contribution in [-0.2, 0) is 19.4 Å². The van der Waals surface area contributed by atoms with E-state index in [-0.39, 0.29) is 17.1 Å². The van der Waals surface area contributed by atoms with Crippen LogP contribution in [0.25, 0.3) is 0 Å². The number of hydrogen-bond acceptors (Lipinski definition) is 2. The average Bonchev–Trinajstić information content (AvgIpc) is 2.89. The van der Waals surface area contributed by atoms with Crippen molar-refractivity contribution in [1.82, 2.24) is 9.78 Å². The number of anilines is 1. The quantitative estimate of drug-likeness (QED) is 0.459. The number of hydrogen-bond donors (Lipinski definition) is 0. The van der Waals surface area contributed by atoms with Crippen LogP contribution in [0.5, 0.6) is 0 Å². The fourth-order valence-corrected chi connectivity index (χ4v) is 2.33. The third-order valence-corrected chi connectivity index (χ3v) is 3.43. The summed E-state index contributed by atoms with van der Waals surface area (Å²) in [5, 5.41) is 3.39. The highest BCUT2D eigenvalue weighted by atomic mass is 19.4. The lowest BCUT2D eigenvalue weighted by atomic mass is 10.1. The van der Waals surface area contributed by atoms with Crippen molar-refractivity contribution in [2.24, 2.45) is 12.0 Å². The van der Waals surface area contributed by atoms with Gasteiger partial charge in [0.2, 0.25) is 0 Å². The second-order valence-electron chi connectivity index (χ2n) is 5.22. The van der Waals surface area contributed by atoms with Crippen LogP contribution in [0.2, 0.25) is 0 Å². The van der Waals surface area contributed by atoms with Crippen LogP contribution in [0, 0.1) is 0 Å². The molecule has 0 radical (unpaired) electrons. The molecule has 2 rings (SSSR count). The number of amidine groups is 1. The van der Waals surface area contributed by atoms with Crippen molar-refractivity contribution in [2.45, 2.75) is 12.4 Å². The predicted molar refractivity (Wildman–Crippen MR) is 80.5 cm³/mol. The summed E-state index contributed by atoms with van der Waals surface area (Å²) in [5.74, 6) is -0.153. The van der Waals surface area contributed by atoms with Crippen molar-refractivity contribution in [3.63, 3.8) is 0 Å². The zero-order valence-electron chi connectivity index (χ0n) is 13.4. The van der Waals surface area contributed by atoms with Gasteiger partial charge in [-0.05, 0) is 18.2 Å². The Morgan fingerprint density at radius 3 is 2.28 bits per heavy atom. The summed E-state index contributed by atoms with van der Waals surface area (Å²) >= 11 is 0. The van der Waals surface area contributed by atoms with Crippen LogP contribution in [0.4, 0.5) is 32.0 Å². The van der Waals surface area contributed by atoms with E-state index in [4.69, 9.17) is 0 Å². The molecule has 0 aliphatic carbocycles. The lowest BCUT2D eigenvalue weighted by molar-refractivity contribution is -0.141. The minimum atomic E-state index is -4.72. The Morgan fingerprint density at radius 2 is 1.76 bits per heavy atom. The highest BCUT2D eigenvalue weighted by Crippen LogP contribution is 2.34. The average molecular weight is 364 g/mol. The monoisotopic (exact) mass is 364 g/mol. The van der Waals surface area contributed by atoms with Crippen molar-refractivity contribution >= 4 is 11.5 Å². The molecule has 0 unspecified atom stereocenters. The molecule has 10 heteroatoms. The number of nitrogens with zero attached hydrogens (tertiary/aromatic N) is 4. The van der Waals surface area contributed by atoms with Gasteiger partial charge in [-0.15, -0.1) is 0 Å². The van der Waals surface area contributed by atoms with Crippen LogP contribution < -0.4 is 4.90 Å². The second-order valence-corrected chi connectivity index (χ2v) is 5.22. The number of aliphatic imine (C=N–C) groups is 1. The summed E-state index contributed by atoms with van der Waals surface area (Å²) in [7, 11) is 3.91. The largest absolute Gasteiger partial charge is 0.435 e. The summed E-state index contributed by atoms with van der Waals surface area (Å²) in [4.78, 5) is 4.98. The predicted octanol–water partition coefficient (Wildman–Crippen LogP) is 3.97. The van der Waals surface area contributed by atoms with Gasteiger partial charge in [-0.3, -0.25) is 9.67 Å². The van der Waals surface area contributed by atoms with Gasteiger partial charge in [0, 0.05) is 33.0 Å². The number of aromatic nitrogens is 2. The summed E-state index contributed by atoms with van der Waals surface area (Å²) in [5.41, 5.74) is -2.34. The van der Waals surface area contributed by atoms with E-state index in [1.807, 2.05) is 0 Å². The van der Waals surface area contributed by atoms with E-state index in [2.05, 4.69) is 10.1 Å². The van der Waals surface area contributed by atoms with E-state index < -0.39 is 23.6 Å². The van der Waals surface area contributed by atoms with Crippen molar-refractivity contribution in [1.29, 1.82) is 0 Å². The van der Waals surface area contributed by atoms with Crippen molar-refractivity contribution in [2.75, 3.05) is 19.0 Å². The van der Waals surface area contributed by atoms with E-state index in [0.29, 0.717) is 0 Å². The molecule has 0 aliphatic rings. The van der Waals surface area contributed by atoms with Gasteiger partial charge in [-0.2, -0.15) is 31.4 Å². The van der Waals surface area contributed by atoms with Gasteiger partial charge in [0.1, 0.15) is 5.84 Å². The fourth-order valence-electron chi connectivity index (χ4n) is 2.33. The molecule has 0 saturated carbocycles. The lowest BCUT2D eigenvalue weighted by Crippen LogP contribution is -2.29. The first-order valence-electron chi connectivity index (χ1n) is 6.94. The van der Waals surface area contributed by atoms with E-state index in [1.165, 1.54) is 33.3 Å². The molecule has 136 valence electrons. The molecule has 0 bridgehead atoms. The Balaban J connectivity index is 2.50. The van der Waals surface area contributed by atoms with Crippen LogP contribution in [0.15, 0.2) is 35.5 Å². The highest BCUT2D eigenvalue weighted by molar-refractivity contribution is 6.10. The van der Waals surface area contributed by atoms with Crippen LogP contribution in [0.3, 0.4) is 0 Å². The first-order chi connectivity index (χ1) is 11.4. The summed E-state index contributed by atoms with van der Waals surface area (Å²) in [6.07, 6.45) is -8.16. The van der Waals surface area contributed by atoms with Crippen molar-refractivity contribution in [3.05, 3.63) is 47.3 Å². The molecule has 25 heavy (non-hydrogen) atoms. The van der Waals surface area contributed by atoms with Gasteiger partial charge in [0.15, 0.2) is 5.69 Å². The molecule has 4 nitrogen and oxygen atoms in total. The van der Waals surface area contributed by atoms with Crippen LogP contribution >= 0.6 is 0 Å². The maximum absolute atomic E-state index is 13.1. The SMILES string of the molecule is CN=C(c1cn(C)nc1C(F)(F)F)N(C)c1cccc(C(F)(F)F)c1. The fraction of sp³-hybridized carbons (Fsp3) is 0.333. The number of aryl methyl sites for hydroxylation is 1. The molecule has 1 aromatic carbocycles. The lowest BCUT2D eigenvalue weighted by Gasteiger charge is -2.22. The van der Waals surface area contributed by atoms with Gasteiger partial charge in [-0.1, -0.05) is 6.07 Å². The Hall–Kier alpha value is -2.52. The molecule has 0 spiro atoms. The topological polar surface area (TPSA) is 33.4 Å². The molecule has 0 atom stereocenters. The zero-order valence-corrected chi connectivity index (χ0v) is 13.4. The molecule has 0 N–H and O–H groups in total. The first kappa shape index (κ1) is 18.8. The van der Waals surface area contributed by atoms with Crippen molar-refractivity contribution in [3.8, 4) is 0 Å². The number of rotatable bonds is 2. The molecule has 0 fully saturated rings. The molecule has 0 aliphatic heterocycles. The van der Waals surface area contributed by atoms with Gasteiger partial charge in [0.05, 0.1) is 11.1 Å². The highest BCUT2D eigenvalue weighted by Gasteiger charge is 2.39. The van der Waals surface area contributed by atoms with Crippen LogP contribution in [0.1, 0.15) is 16.8 Å². The Bertz CT molecular complexity index is 788. The second kappa shape index (κ2) is 6.41. The van der Waals surface area contributed by atoms with Gasteiger partial charge in [0.25, 0.3) is 0 Å². The summed E-state index contributed by atoms with van der Waals surface area (Å²) < 4.78 is 79.0. The Morgan fingerprint density at radius 1 is 1.12 bits per heavy atom. The minimum absolute atomic E-state index is 0.0485. The third kappa shape index (κ3) is 3.94. The molecule has 0 saturated heterocycles. The smallest absolute Gasteiger partial charge is 0.329 e. The van der Waals surface area contributed by atoms with E-state index in [9.17, 15) is 26.3 Å². The molecular formula is C15H14F6N4. The standard InChI is InChI=1S/C15H14F6N4/c1-22-13(11-8-24(2)23-12(11)15(19,20)21)25(3)10-6-4-5-9(7-10)14(16,17)18/h4-8H,1-3H3. The Labute approximate surface area is 139 Å². The van der Waals surface area contributed by atoms with Gasteiger partial charge in [-0.25, -0.2) is 0 Å². The minimum Gasteiger partial charge on any atom is -0.329 e. The maximum atomic E-state index is 13.1. The van der Waals surface area contributed by atoms with Gasteiger partial charge < -0.3 is 4.90 Å². The van der Waals surface area contributed by atoms with Gasteiger partial charge >= 0.3 is 12.4 Å². The summed E-state index contributed by atoms with van der Waals surface area (Å²) in [6.45, 7) is 0. The molecule has 0 amide bonds. The maximum Gasteiger partial charge on any atom is 0.435 e. The molecule has 1 aromatic heterocycles. The third-order valence-electron chi connectivity index (χ3n) is 3.43. The molecule has 1 heterocycles. The van der Waals surface area contributed by atoms with Crippen molar-refractivity contribution < 1.29 is 26.3 Å². The number of halogens is 6. The first-order valence-corrected chi connectivity index (χ1v) is 6.94. The molecule has 2 aromatic rings. The zero-order chi connectivity index (χ0) is 19.0. The van der Waals surface area contributed by atoms with Crippen LogP contribution in [-0.4, -0.2) is 29.7 Å². The molecular weight excluding hydrogens is 350 g/mol. The number of benzene rings is 1.